The van der Waals surface area contributed by atoms with E-state index in [0.29, 0.717) is 41.0 Å². The summed E-state index contributed by atoms with van der Waals surface area (Å²) in [6.45, 7) is 4.80. The molecule has 6 rings (SSSR count). The van der Waals surface area contributed by atoms with E-state index in [2.05, 4.69) is 15.9 Å². The number of halogens is 1. The van der Waals surface area contributed by atoms with Crippen molar-refractivity contribution in [3.05, 3.63) is 86.9 Å². The predicted molar refractivity (Wildman–Crippen MR) is 145 cm³/mol. The highest BCUT2D eigenvalue weighted by Crippen LogP contribution is 2.45. The molecule has 1 aromatic heterocycles. The fourth-order valence-electron chi connectivity index (χ4n) is 4.83. The minimum Gasteiger partial charge on any atom is -0.507 e. The molecule has 1 atom stereocenters. The van der Waals surface area contributed by atoms with Gasteiger partial charge in [-0.05, 0) is 66.9 Å². The van der Waals surface area contributed by atoms with Crippen molar-refractivity contribution in [3.63, 3.8) is 0 Å². The Morgan fingerprint density at radius 3 is 2.62 bits per heavy atom. The standard InChI is InChI=1S/C28H21BrN2O5S/c1-14-10-15(2)23-21(11-14)37-28(30-23)31-24(16-4-3-5-18(29)12-16)22(26(33)27(31)34)25(32)17-6-7-19-20(13-17)36-9-8-35-19/h3-7,10-13,24,32H,8-9H2,1-2H3/t24-/m0/s1. The summed E-state index contributed by atoms with van der Waals surface area (Å²) < 4.78 is 13.0. The number of aliphatic hydroxyl groups is 1. The van der Waals surface area contributed by atoms with Crippen molar-refractivity contribution in [2.24, 2.45) is 0 Å². The number of nitrogens with zero attached hydrogens (tertiary/aromatic N) is 2. The molecule has 0 aliphatic carbocycles. The van der Waals surface area contributed by atoms with Crippen molar-refractivity contribution in [1.82, 2.24) is 4.98 Å². The zero-order chi connectivity index (χ0) is 25.8. The number of amides is 1. The molecular formula is C28H21BrN2O5S. The van der Waals surface area contributed by atoms with Gasteiger partial charge in [0.25, 0.3) is 5.78 Å². The Hall–Kier alpha value is -3.69. The lowest BCUT2D eigenvalue weighted by molar-refractivity contribution is -0.132. The summed E-state index contributed by atoms with van der Waals surface area (Å²) in [6, 6.07) is 15.5. The van der Waals surface area contributed by atoms with Gasteiger partial charge in [0.15, 0.2) is 16.6 Å². The van der Waals surface area contributed by atoms with E-state index in [1.807, 2.05) is 50.2 Å². The van der Waals surface area contributed by atoms with Crippen LogP contribution in [0, 0.1) is 13.8 Å². The van der Waals surface area contributed by atoms with Crippen LogP contribution in [0.5, 0.6) is 11.5 Å². The molecule has 186 valence electrons. The number of hydrogen-bond acceptors (Lipinski definition) is 7. The molecule has 2 aliphatic heterocycles. The van der Waals surface area contributed by atoms with Crippen LogP contribution < -0.4 is 14.4 Å². The van der Waals surface area contributed by atoms with Gasteiger partial charge in [0.2, 0.25) is 0 Å². The van der Waals surface area contributed by atoms with Gasteiger partial charge in [-0.1, -0.05) is 45.5 Å². The van der Waals surface area contributed by atoms with Crippen LogP contribution in [-0.4, -0.2) is 35.0 Å². The number of aryl methyl sites for hydroxylation is 2. The van der Waals surface area contributed by atoms with Gasteiger partial charge in [0.05, 0.1) is 21.8 Å². The first-order chi connectivity index (χ1) is 17.8. The number of aromatic nitrogens is 1. The van der Waals surface area contributed by atoms with Crippen molar-refractivity contribution in [2.75, 3.05) is 18.1 Å². The van der Waals surface area contributed by atoms with Crippen LogP contribution in [0.2, 0.25) is 0 Å². The first kappa shape index (κ1) is 23.7. The van der Waals surface area contributed by atoms with Gasteiger partial charge in [0, 0.05) is 10.0 Å². The number of carbonyl (C=O) groups excluding carboxylic acids is 2. The molecule has 2 aliphatic rings. The third-order valence-corrected chi connectivity index (χ3v) is 7.94. The Morgan fingerprint density at radius 1 is 1.05 bits per heavy atom. The van der Waals surface area contributed by atoms with Crippen molar-refractivity contribution < 1.29 is 24.2 Å². The second kappa shape index (κ2) is 9.00. The maximum Gasteiger partial charge on any atom is 0.301 e. The van der Waals surface area contributed by atoms with Crippen LogP contribution in [0.4, 0.5) is 5.13 Å². The van der Waals surface area contributed by atoms with Gasteiger partial charge >= 0.3 is 5.91 Å². The van der Waals surface area contributed by atoms with E-state index in [1.165, 1.54) is 16.2 Å². The first-order valence-corrected chi connectivity index (χ1v) is 13.3. The zero-order valence-electron chi connectivity index (χ0n) is 19.9. The van der Waals surface area contributed by atoms with E-state index in [4.69, 9.17) is 14.5 Å². The van der Waals surface area contributed by atoms with Crippen molar-refractivity contribution in [3.8, 4) is 11.5 Å². The molecular weight excluding hydrogens is 556 g/mol. The molecule has 37 heavy (non-hydrogen) atoms. The SMILES string of the molecule is Cc1cc(C)c2nc(N3C(=O)C(=O)C(=C(O)c4ccc5c(c4)OCCO5)[C@@H]3c3cccc(Br)c3)sc2c1. The Kier molecular flexibility index (Phi) is 5.77. The normalized spacial score (nSPS) is 18.6. The Bertz CT molecular complexity index is 1640. The maximum atomic E-state index is 13.5. The third-order valence-electron chi connectivity index (χ3n) is 6.45. The van der Waals surface area contributed by atoms with Gasteiger partial charge < -0.3 is 14.6 Å². The number of benzene rings is 3. The van der Waals surface area contributed by atoms with Gasteiger partial charge in [0.1, 0.15) is 19.0 Å². The van der Waals surface area contributed by atoms with Crippen molar-refractivity contribution in [1.29, 1.82) is 0 Å². The fraction of sp³-hybridized carbons (Fsp3) is 0.179. The molecule has 7 nitrogen and oxygen atoms in total. The fourth-order valence-corrected chi connectivity index (χ4v) is 6.42. The maximum absolute atomic E-state index is 13.5. The molecule has 0 unspecified atom stereocenters. The van der Waals surface area contributed by atoms with E-state index in [-0.39, 0.29) is 11.3 Å². The summed E-state index contributed by atoms with van der Waals surface area (Å²) >= 11 is 4.84. The molecule has 0 bridgehead atoms. The molecule has 1 fully saturated rings. The molecule has 1 N–H and O–H groups in total. The number of ether oxygens (including phenoxy) is 2. The number of thiazole rings is 1. The summed E-state index contributed by atoms with van der Waals surface area (Å²) in [5.41, 5.74) is 3.88. The molecule has 3 aromatic carbocycles. The summed E-state index contributed by atoms with van der Waals surface area (Å²) in [6.07, 6.45) is 0. The average molecular weight is 577 g/mol. The number of anilines is 1. The summed E-state index contributed by atoms with van der Waals surface area (Å²) in [7, 11) is 0. The quantitative estimate of drug-likeness (QED) is 0.181. The number of hydrogen-bond donors (Lipinski definition) is 1. The Labute approximate surface area is 225 Å². The number of carbonyl (C=O) groups is 2. The van der Waals surface area contributed by atoms with E-state index in [9.17, 15) is 14.7 Å². The van der Waals surface area contributed by atoms with Gasteiger partial charge in [-0.3, -0.25) is 14.5 Å². The monoisotopic (exact) mass is 576 g/mol. The van der Waals surface area contributed by atoms with Crippen LogP contribution in [0.15, 0.2) is 64.6 Å². The second-order valence-electron chi connectivity index (χ2n) is 9.01. The summed E-state index contributed by atoms with van der Waals surface area (Å²) in [4.78, 5) is 33.2. The Balaban J connectivity index is 1.55. The number of fused-ring (bicyclic) bond motifs is 2. The average Bonchev–Trinajstić information content (AvgIpc) is 3.42. The van der Waals surface area contributed by atoms with E-state index in [0.717, 1.165) is 25.8 Å². The molecule has 0 spiro atoms. The topological polar surface area (TPSA) is 89.0 Å². The molecule has 0 radical (unpaired) electrons. The number of aliphatic hydroxyl groups excluding tert-OH is 1. The van der Waals surface area contributed by atoms with E-state index in [1.54, 1.807) is 18.2 Å². The van der Waals surface area contributed by atoms with Gasteiger partial charge in [-0.25, -0.2) is 4.98 Å². The van der Waals surface area contributed by atoms with Crippen LogP contribution in [0.3, 0.4) is 0 Å². The highest BCUT2D eigenvalue weighted by atomic mass is 79.9. The van der Waals surface area contributed by atoms with Crippen molar-refractivity contribution in [2.45, 2.75) is 19.9 Å². The number of ketones is 1. The van der Waals surface area contributed by atoms with Gasteiger partial charge in [-0.2, -0.15) is 0 Å². The van der Waals surface area contributed by atoms with Crippen LogP contribution in [-0.2, 0) is 9.59 Å². The lowest BCUT2D eigenvalue weighted by Gasteiger charge is -2.23. The molecule has 4 aromatic rings. The van der Waals surface area contributed by atoms with E-state index >= 15 is 0 Å². The molecule has 1 saturated heterocycles. The first-order valence-electron chi connectivity index (χ1n) is 11.7. The minimum atomic E-state index is -0.868. The predicted octanol–water partition coefficient (Wildman–Crippen LogP) is 6.07. The van der Waals surface area contributed by atoms with Gasteiger partial charge in [-0.15, -0.1) is 0 Å². The van der Waals surface area contributed by atoms with Crippen LogP contribution in [0.25, 0.3) is 16.0 Å². The van der Waals surface area contributed by atoms with Crippen molar-refractivity contribution >= 4 is 60.1 Å². The molecule has 0 saturated carbocycles. The summed E-state index contributed by atoms with van der Waals surface area (Å²) in [5.74, 6) is -0.759. The van der Waals surface area contributed by atoms with Crippen LogP contribution in [0.1, 0.15) is 28.3 Å². The lowest BCUT2D eigenvalue weighted by Crippen LogP contribution is -2.29. The second-order valence-corrected chi connectivity index (χ2v) is 10.9. The molecule has 1 amide bonds. The molecule has 9 heteroatoms. The number of rotatable bonds is 3. The highest BCUT2D eigenvalue weighted by Gasteiger charge is 2.48. The smallest absolute Gasteiger partial charge is 0.301 e. The zero-order valence-corrected chi connectivity index (χ0v) is 22.4. The number of Topliss-reactive ketones (excluding diaryl/α,β-unsaturated/α-hetero) is 1. The molecule has 3 heterocycles. The minimum absolute atomic E-state index is 0.00747. The summed E-state index contributed by atoms with van der Waals surface area (Å²) in [5, 5.41) is 11.9. The Morgan fingerprint density at radius 2 is 1.84 bits per heavy atom. The largest absolute Gasteiger partial charge is 0.507 e. The third kappa shape index (κ3) is 3.98. The highest BCUT2D eigenvalue weighted by molar-refractivity contribution is 9.10. The van der Waals surface area contributed by atoms with Crippen LogP contribution >= 0.6 is 27.3 Å². The lowest BCUT2D eigenvalue weighted by atomic mass is 9.95. The van der Waals surface area contributed by atoms with E-state index < -0.39 is 17.7 Å².